The molecular weight excluding hydrogens is 496 g/mol. The summed E-state index contributed by atoms with van der Waals surface area (Å²) in [5.41, 5.74) is 2.71. The molecule has 0 aliphatic rings. The lowest BCUT2D eigenvalue weighted by Gasteiger charge is -2.23. The minimum atomic E-state index is -0.423. The van der Waals surface area contributed by atoms with Crippen LogP contribution >= 0.6 is 0 Å². The van der Waals surface area contributed by atoms with Gasteiger partial charge in [0.05, 0.1) is 24.6 Å². The third kappa shape index (κ3) is 7.34. The highest BCUT2D eigenvalue weighted by Crippen LogP contribution is 2.28. The first-order chi connectivity index (χ1) is 18.8. The Hall–Kier alpha value is -4.41. The number of benzene rings is 2. The van der Waals surface area contributed by atoms with Crippen molar-refractivity contribution in [1.82, 2.24) is 14.8 Å². The maximum absolute atomic E-state index is 13.0. The van der Waals surface area contributed by atoms with Gasteiger partial charge in [-0.1, -0.05) is 32.9 Å². The van der Waals surface area contributed by atoms with Crippen molar-refractivity contribution in [2.45, 2.75) is 26.2 Å². The number of aromatic nitrogens is 3. The standard InChI is InChI=1S/C29H34N6O4/c1-29(2,3)25-20-26(35(33-25)23-8-6-7-22(19-23)34(15-17-36)16-18-37)32-28(38)31-21-10-12-24(13-11-21)39-27-9-4-5-14-30-27/h4-14,19-20,36-37H,15-18H2,1-3H3,(H2,31,32,38). The fraction of sp³-hybridized carbons (Fsp3) is 0.276. The van der Waals surface area contributed by atoms with E-state index < -0.39 is 6.03 Å². The van der Waals surface area contributed by atoms with E-state index in [1.165, 1.54) is 0 Å². The van der Waals surface area contributed by atoms with Crippen molar-refractivity contribution in [1.29, 1.82) is 0 Å². The van der Waals surface area contributed by atoms with Gasteiger partial charge < -0.3 is 25.2 Å². The molecule has 39 heavy (non-hydrogen) atoms. The van der Waals surface area contributed by atoms with E-state index >= 15 is 0 Å². The first-order valence-electron chi connectivity index (χ1n) is 12.7. The van der Waals surface area contributed by atoms with Gasteiger partial charge in [0.2, 0.25) is 5.88 Å². The third-order valence-corrected chi connectivity index (χ3v) is 5.87. The number of anilines is 3. The Kier molecular flexibility index (Phi) is 8.80. The molecule has 10 heteroatoms. The molecular formula is C29H34N6O4. The Balaban J connectivity index is 1.53. The van der Waals surface area contributed by atoms with Crippen LogP contribution in [0.25, 0.3) is 5.69 Å². The molecule has 2 heterocycles. The molecule has 0 spiro atoms. The first-order valence-corrected chi connectivity index (χ1v) is 12.7. The fourth-order valence-corrected chi connectivity index (χ4v) is 3.88. The monoisotopic (exact) mass is 530 g/mol. The summed E-state index contributed by atoms with van der Waals surface area (Å²) in [6.45, 7) is 6.86. The molecule has 4 aromatic rings. The highest BCUT2D eigenvalue weighted by Gasteiger charge is 2.22. The number of carbonyl (C=O) groups excluding carboxylic acids is 1. The number of hydrogen-bond donors (Lipinski definition) is 4. The quantitative estimate of drug-likeness (QED) is 0.232. The number of ether oxygens (including phenoxy) is 1. The van der Waals surface area contributed by atoms with Gasteiger partial charge in [-0.2, -0.15) is 5.10 Å². The normalized spacial score (nSPS) is 11.2. The van der Waals surface area contributed by atoms with Crippen LogP contribution in [0.15, 0.2) is 79.0 Å². The molecule has 0 saturated carbocycles. The number of pyridine rings is 1. The maximum Gasteiger partial charge on any atom is 0.324 e. The van der Waals surface area contributed by atoms with Gasteiger partial charge in [-0.05, 0) is 48.5 Å². The van der Waals surface area contributed by atoms with E-state index in [2.05, 4.69) is 36.4 Å². The van der Waals surface area contributed by atoms with Gasteiger partial charge >= 0.3 is 6.03 Å². The van der Waals surface area contributed by atoms with Crippen molar-refractivity contribution in [3.63, 3.8) is 0 Å². The molecule has 204 valence electrons. The predicted octanol–water partition coefficient (Wildman–Crippen LogP) is 4.79. The highest BCUT2D eigenvalue weighted by molar-refractivity contribution is 5.99. The summed E-state index contributed by atoms with van der Waals surface area (Å²) in [6, 6.07) is 21.4. The highest BCUT2D eigenvalue weighted by atomic mass is 16.5. The summed E-state index contributed by atoms with van der Waals surface area (Å²) >= 11 is 0. The number of nitrogens with zero attached hydrogens (tertiary/aromatic N) is 4. The molecule has 4 N–H and O–H groups in total. The number of rotatable bonds is 10. The van der Waals surface area contributed by atoms with Gasteiger partial charge in [0.15, 0.2) is 0 Å². The Morgan fingerprint density at radius 3 is 2.33 bits per heavy atom. The van der Waals surface area contributed by atoms with Crippen molar-refractivity contribution in [2.24, 2.45) is 0 Å². The number of aliphatic hydroxyl groups is 2. The second-order valence-corrected chi connectivity index (χ2v) is 9.90. The molecule has 2 aromatic heterocycles. The zero-order valence-corrected chi connectivity index (χ0v) is 22.3. The van der Waals surface area contributed by atoms with Crippen LogP contribution in [0.3, 0.4) is 0 Å². The fourth-order valence-electron chi connectivity index (χ4n) is 3.88. The minimum Gasteiger partial charge on any atom is -0.439 e. The number of hydrogen-bond acceptors (Lipinski definition) is 7. The average molecular weight is 531 g/mol. The molecule has 0 fully saturated rings. The molecule has 0 bridgehead atoms. The molecule has 0 atom stereocenters. The van der Waals surface area contributed by atoms with E-state index in [0.717, 1.165) is 17.1 Å². The minimum absolute atomic E-state index is 0.0383. The molecule has 4 rings (SSSR count). The molecule has 0 aliphatic heterocycles. The number of amides is 2. The number of nitrogens with one attached hydrogen (secondary N) is 2. The van der Waals surface area contributed by atoms with Crippen LogP contribution in [0.4, 0.5) is 22.0 Å². The van der Waals surface area contributed by atoms with Crippen molar-refractivity contribution in [3.05, 3.63) is 84.7 Å². The van der Waals surface area contributed by atoms with E-state index in [0.29, 0.717) is 36.2 Å². The van der Waals surface area contributed by atoms with Crippen LogP contribution in [0.2, 0.25) is 0 Å². The van der Waals surface area contributed by atoms with Gasteiger partial charge in [-0.15, -0.1) is 0 Å². The van der Waals surface area contributed by atoms with Crippen LogP contribution in [-0.2, 0) is 5.41 Å². The van der Waals surface area contributed by atoms with E-state index in [-0.39, 0.29) is 18.6 Å². The second kappa shape index (κ2) is 12.4. The van der Waals surface area contributed by atoms with Gasteiger partial charge in [0.25, 0.3) is 0 Å². The van der Waals surface area contributed by atoms with Crippen LogP contribution < -0.4 is 20.3 Å². The summed E-state index contributed by atoms with van der Waals surface area (Å²) < 4.78 is 7.39. The van der Waals surface area contributed by atoms with Gasteiger partial charge in [0, 0.05) is 48.2 Å². The van der Waals surface area contributed by atoms with Crippen LogP contribution in [0.5, 0.6) is 11.6 Å². The zero-order valence-electron chi connectivity index (χ0n) is 22.3. The van der Waals surface area contributed by atoms with Crippen molar-refractivity contribution >= 4 is 23.2 Å². The van der Waals surface area contributed by atoms with Gasteiger partial charge in [-0.25, -0.2) is 14.5 Å². The molecule has 0 saturated heterocycles. The average Bonchev–Trinajstić information content (AvgIpc) is 3.35. The van der Waals surface area contributed by atoms with Gasteiger partial charge in [0.1, 0.15) is 11.6 Å². The Labute approximate surface area is 227 Å². The van der Waals surface area contributed by atoms with Crippen molar-refractivity contribution in [3.8, 4) is 17.3 Å². The lowest BCUT2D eigenvalue weighted by atomic mass is 9.92. The van der Waals surface area contributed by atoms with E-state index in [9.17, 15) is 15.0 Å². The van der Waals surface area contributed by atoms with Crippen molar-refractivity contribution in [2.75, 3.05) is 41.8 Å². The van der Waals surface area contributed by atoms with Crippen LogP contribution in [0.1, 0.15) is 26.5 Å². The van der Waals surface area contributed by atoms with Gasteiger partial charge in [-0.3, -0.25) is 5.32 Å². The summed E-state index contributed by atoms with van der Waals surface area (Å²) in [5.74, 6) is 1.59. The maximum atomic E-state index is 13.0. The lowest BCUT2D eigenvalue weighted by Crippen LogP contribution is -2.29. The SMILES string of the molecule is CC(C)(C)c1cc(NC(=O)Nc2ccc(Oc3ccccn3)cc2)n(-c2cccc(N(CCO)CCO)c2)n1. The molecule has 10 nitrogen and oxygen atoms in total. The summed E-state index contributed by atoms with van der Waals surface area (Å²) in [4.78, 5) is 19.0. The Morgan fingerprint density at radius 2 is 1.69 bits per heavy atom. The lowest BCUT2D eigenvalue weighted by molar-refractivity contribution is 0.262. The van der Waals surface area contributed by atoms with E-state index in [1.807, 2.05) is 47.4 Å². The molecule has 0 radical (unpaired) electrons. The molecule has 0 unspecified atom stereocenters. The largest absolute Gasteiger partial charge is 0.439 e. The number of urea groups is 1. The smallest absolute Gasteiger partial charge is 0.324 e. The molecule has 2 amide bonds. The topological polar surface area (TPSA) is 125 Å². The summed E-state index contributed by atoms with van der Waals surface area (Å²) in [5, 5.41) is 29.4. The van der Waals surface area contributed by atoms with Crippen molar-refractivity contribution < 1.29 is 19.7 Å². The van der Waals surface area contributed by atoms with E-state index in [1.54, 1.807) is 41.2 Å². The third-order valence-electron chi connectivity index (χ3n) is 5.87. The van der Waals surface area contributed by atoms with E-state index in [4.69, 9.17) is 9.84 Å². The summed E-state index contributed by atoms with van der Waals surface area (Å²) in [6.07, 6.45) is 1.65. The zero-order chi connectivity index (χ0) is 27.8. The molecule has 2 aromatic carbocycles. The number of aliphatic hydroxyl groups excluding tert-OH is 2. The Morgan fingerprint density at radius 1 is 0.949 bits per heavy atom. The first kappa shape index (κ1) is 27.6. The Bertz CT molecular complexity index is 1360. The second-order valence-electron chi connectivity index (χ2n) is 9.90. The van der Waals surface area contributed by atoms with Crippen LogP contribution in [0, 0.1) is 0 Å². The molecule has 0 aliphatic carbocycles. The number of carbonyl (C=O) groups is 1. The van der Waals surface area contributed by atoms with Crippen LogP contribution in [-0.4, -0.2) is 57.3 Å². The predicted molar refractivity (Wildman–Crippen MR) is 152 cm³/mol. The summed E-state index contributed by atoms with van der Waals surface area (Å²) in [7, 11) is 0.